The van der Waals surface area contributed by atoms with Gasteiger partial charge >= 0.3 is 5.97 Å². The SMILES string of the molecule is CCCC[C@H](NC(=O)Cc1csc(COc2ccc(Cl)cc2)n1)C(=O)O. The molecule has 2 rings (SSSR count). The summed E-state index contributed by atoms with van der Waals surface area (Å²) in [4.78, 5) is 27.6. The van der Waals surface area contributed by atoms with E-state index in [2.05, 4.69) is 10.3 Å². The summed E-state index contributed by atoms with van der Waals surface area (Å²) in [6.07, 6.45) is 2.10. The van der Waals surface area contributed by atoms with Crippen molar-refractivity contribution in [2.24, 2.45) is 0 Å². The number of halogens is 1. The van der Waals surface area contributed by atoms with Crippen molar-refractivity contribution in [3.8, 4) is 5.75 Å². The Morgan fingerprint density at radius 3 is 2.73 bits per heavy atom. The molecular formula is C18H21ClN2O4S. The lowest BCUT2D eigenvalue weighted by Gasteiger charge is -2.13. The van der Waals surface area contributed by atoms with Crippen LogP contribution in [0, 0.1) is 0 Å². The number of benzene rings is 1. The summed E-state index contributed by atoms with van der Waals surface area (Å²) in [6.45, 7) is 2.27. The van der Waals surface area contributed by atoms with E-state index in [-0.39, 0.29) is 12.3 Å². The van der Waals surface area contributed by atoms with Crippen LogP contribution in [-0.2, 0) is 22.6 Å². The molecule has 26 heavy (non-hydrogen) atoms. The summed E-state index contributed by atoms with van der Waals surface area (Å²) in [6, 6.07) is 6.17. The fourth-order valence-electron chi connectivity index (χ4n) is 2.25. The second-order valence-corrected chi connectivity index (χ2v) is 7.13. The Morgan fingerprint density at radius 1 is 1.35 bits per heavy atom. The predicted molar refractivity (Wildman–Crippen MR) is 101 cm³/mol. The topological polar surface area (TPSA) is 88.5 Å². The van der Waals surface area contributed by atoms with Gasteiger partial charge in [0.1, 0.15) is 23.4 Å². The van der Waals surface area contributed by atoms with Gasteiger partial charge in [-0.25, -0.2) is 9.78 Å². The van der Waals surface area contributed by atoms with Crippen LogP contribution in [0.1, 0.15) is 36.9 Å². The Morgan fingerprint density at radius 2 is 2.08 bits per heavy atom. The third-order valence-electron chi connectivity index (χ3n) is 3.60. The lowest BCUT2D eigenvalue weighted by atomic mass is 10.1. The van der Waals surface area contributed by atoms with Crippen LogP contribution in [-0.4, -0.2) is 28.0 Å². The van der Waals surface area contributed by atoms with Gasteiger partial charge in [-0.3, -0.25) is 4.79 Å². The Kier molecular flexibility index (Phi) is 7.87. The van der Waals surface area contributed by atoms with Crippen LogP contribution in [0.15, 0.2) is 29.6 Å². The van der Waals surface area contributed by atoms with Crippen LogP contribution in [0.25, 0.3) is 0 Å². The van der Waals surface area contributed by atoms with Gasteiger partial charge in [0.15, 0.2) is 0 Å². The molecule has 0 radical (unpaired) electrons. The molecule has 0 saturated carbocycles. The molecule has 0 unspecified atom stereocenters. The molecule has 1 heterocycles. The summed E-state index contributed by atoms with van der Waals surface area (Å²) < 4.78 is 5.62. The molecule has 0 aliphatic carbocycles. The number of aliphatic carboxylic acids is 1. The van der Waals surface area contributed by atoms with E-state index >= 15 is 0 Å². The van der Waals surface area contributed by atoms with Crippen molar-refractivity contribution in [3.63, 3.8) is 0 Å². The second kappa shape index (κ2) is 10.1. The first kappa shape index (κ1) is 20.2. The van der Waals surface area contributed by atoms with E-state index in [4.69, 9.17) is 21.4 Å². The van der Waals surface area contributed by atoms with E-state index in [0.717, 1.165) is 17.8 Å². The second-order valence-electron chi connectivity index (χ2n) is 5.75. The third-order valence-corrected chi connectivity index (χ3v) is 4.72. The molecule has 1 amide bonds. The molecule has 0 aliphatic rings. The van der Waals surface area contributed by atoms with E-state index < -0.39 is 12.0 Å². The number of rotatable bonds is 10. The number of carbonyl (C=O) groups excluding carboxylic acids is 1. The van der Waals surface area contributed by atoms with Crippen molar-refractivity contribution in [2.75, 3.05) is 0 Å². The number of hydrogen-bond donors (Lipinski definition) is 2. The summed E-state index contributed by atoms with van der Waals surface area (Å²) >= 11 is 7.22. The molecule has 140 valence electrons. The highest BCUT2D eigenvalue weighted by Gasteiger charge is 2.19. The van der Waals surface area contributed by atoms with E-state index in [1.807, 2.05) is 6.92 Å². The Hall–Kier alpha value is -2.12. The van der Waals surface area contributed by atoms with Gasteiger partial charge in [-0.05, 0) is 30.7 Å². The van der Waals surface area contributed by atoms with Crippen LogP contribution < -0.4 is 10.1 Å². The number of hydrogen-bond acceptors (Lipinski definition) is 5. The Balaban J connectivity index is 1.83. The number of unbranched alkanes of at least 4 members (excludes halogenated alkanes) is 1. The number of carbonyl (C=O) groups is 2. The van der Waals surface area contributed by atoms with Gasteiger partial charge in [-0.1, -0.05) is 31.4 Å². The molecule has 2 aromatic rings. The van der Waals surface area contributed by atoms with Gasteiger partial charge in [0.2, 0.25) is 5.91 Å². The van der Waals surface area contributed by atoms with Crippen LogP contribution in [0.5, 0.6) is 5.75 Å². The fourth-order valence-corrected chi connectivity index (χ4v) is 3.08. The van der Waals surface area contributed by atoms with E-state index in [9.17, 15) is 9.59 Å². The largest absolute Gasteiger partial charge is 0.486 e. The van der Waals surface area contributed by atoms with E-state index in [1.165, 1.54) is 11.3 Å². The number of carboxylic acids is 1. The standard InChI is InChI=1S/C18H21ClN2O4S/c1-2-3-4-15(18(23)24)21-16(22)9-13-11-26-17(20-13)10-25-14-7-5-12(19)6-8-14/h5-8,11,15H,2-4,9-10H2,1H3,(H,21,22)(H,23,24)/t15-/m0/s1. The van der Waals surface area contributed by atoms with Gasteiger partial charge in [0.05, 0.1) is 12.1 Å². The van der Waals surface area contributed by atoms with Crippen LogP contribution in [0.4, 0.5) is 0 Å². The van der Waals surface area contributed by atoms with Gasteiger partial charge in [-0.2, -0.15) is 0 Å². The molecule has 1 aromatic carbocycles. The number of ether oxygens (including phenoxy) is 1. The first-order valence-electron chi connectivity index (χ1n) is 8.31. The summed E-state index contributed by atoms with van der Waals surface area (Å²) in [5, 5.41) is 14.9. The van der Waals surface area contributed by atoms with Crippen molar-refractivity contribution in [1.29, 1.82) is 0 Å². The molecule has 8 heteroatoms. The first-order chi connectivity index (χ1) is 12.5. The van der Waals surface area contributed by atoms with Crippen molar-refractivity contribution in [1.82, 2.24) is 10.3 Å². The maximum absolute atomic E-state index is 12.1. The molecule has 0 aliphatic heterocycles. The molecule has 0 saturated heterocycles. The monoisotopic (exact) mass is 396 g/mol. The lowest BCUT2D eigenvalue weighted by molar-refractivity contribution is -0.142. The lowest BCUT2D eigenvalue weighted by Crippen LogP contribution is -2.41. The first-order valence-corrected chi connectivity index (χ1v) is 9.57. The minimum Gasteiger partial charge on any atom is -0.486 e. The number of nitrogens with one attached hydrogen (secondary N) is 1. The summed E-state index contributed by atoms with van der Waals surface area (Å²) in [7, 11) is 0. The maximum Gasteiger partial charge on any atom is 0.326 e. The Labute approximate surface area is 161 Å². The molecule has 1 aromatic heterocycles. The minimum atomic E-state index is -1.01. The number of aromatic nitrogens is 1. The normalized spacial score (nSPS) is 11.8. The van der Waals surface area contributed by atoms with Crippen LogP contribution in [0.3, 0.4) is 0 Å². The van der Waals surface area contributed by atoms with Crippen molar-refractivity contribution < 1.29 is 19.4 Å². The molecule has 0 bridgehead atoms. The third kappa shape index (κ3) is 6.65. The average Bonchev–Trinajstić information content (AvgIpc) is 3.05. The molecule has 0 fully saturated rings. The highest BCUT2D eigenvalue weighted by molar-refractivity contribution is 7.09. The van der Waals surface area contributed by atoms with Gasteiger partial charge in [0, 0.05) is 10.4 Å². The van der Waals surface area contributed by atoms with Crippen LogP contribution >= 0.6 is 22.9 Å². The molecule has 0 spiro atoms. The highest BCUT2D eigenvalue weighted by Crippen LogP contribution is 2.18. The summed E-state index contributed by atoms with van der Waals surface area (Å²) in [5.41, 5.74) is 0.599. The average molecular weight is 397 g/mol. The van der Waals surface area contributed by atoms with Crippen molar-refractivity contribution in [3.05, 3.63) is 45.4 Å². The number of carboxylic acid groups (broad SMARTS) is 1. The van der Waals surface area contributed by atoms with E-state index in [0.29, 0.717) is 29.5 Å². The zero-order valence-electron chi connectivity index (χ0n) is 14.4. The molecule has 1 atom stereocenters. The molecular weight excluding hydrogens is 376 g/mol. The number of nitrogens with zero attached hydrogens (tertiary/aromatic N) is 1. The molecule has 2 N–H and O–H groups in total. The van der Waals surface area contributed by atoms with E-state index in [1.54, 1.807) is 29.6 Å². The zero-order chi connectivity index (χ0) is 18.9. The van der Waals surface area contributed by atoms with Crippen molar-refractivity contribution in [2.45, 2.75) is 45.3 Å². The fraction of sp³-hybridized carbons (Fsp3) is 0.389. The molecule has 6 nitrogen and oxygen atoms in total. The number of amides is 1. The maximum atomic E-state index is 12.1. The van der Waals surface area contributed by atoms with Gasteiger partial charge < -0.3 is 15.2 Å². The number of thiazole rings is 1. The van der Waals surface area contributed by atoms with Crippen LogP contribution in [0.2, 0.25) is 5.02 Å². The van der Waals surface area contributed by atoms with Crippen molar-refractivity contribution >= 4 is 34.8 Å². The smallest absolute Gasteiger partial charge is 0.326 e. The minimum absolute atomic E-state index is 0.0490. The zero-order valence-corrected chi connectivity index (χ0v) is 16.0. The highest BCUT2D eigenvalue weighted by atomic mass is 35.5. The quantitative estimate of drug-likeness (QED) is 0.639. The Bertz CT molecular complexity index is 733. The van der Waals surface area contributed by atoms with Gasteiger partial charge in [0.25, 0.3) is 0 Å². The van der Waals surface area contributed by atoms with Gasteiger partial charge in [-0.15, -0.1) is 11.3 Å². The summed E-state index contributed by atoms with van der Waals surface area (Å²) in [5.74, 6) is -0.671. The predicted octanol–water partition coefficient (Wildman–Crippen LogP) is 3.68.